The molecule has 0 aromatic heterocycles. The molecule has 1 saturated carbocycles. The van der Waals surface area contributed by atoms with Crippen LogP contribution in [-0.2, 0) is 9.53 Å². The molecule has 2 atom stereocenters. The van der Waals surface area contributed by atoms with Crippen LogP contribution in [-0.4, -0.2) is 36.4 Å². The highest BCUT2D eigenvalue weighted by Crippen LogP contribution is 2.29. The second-order valence-electron chi connectivity index (χ2n) is 4.28. The van der Waals surface area contributed by atoms with E-state index in [1.807, 2.05) is 0 Å². The molecule has 14 heavy (non-hydrogen) atoms. The van der Waals surface area contributed by atoms with Gasteiger partial charge in [0.05, 0.1) is 25.4 Å². The van der Waals surface area contributed by atoms with E-state index in [0.717, 1.165) is 0 Å². The lowest BCUT2D eigenvalue weighted by Gasteiger charge is -2.25. The van der Waals surface area contributed by atoms with E-state index in [0.29, 0.717) is 25.6 Å². The summed E-state index contributed by atoms with van der Waals surface area (Å²) in [4.78, 5) is 11.5. The zero-order valence-corrected chi connectivity index (χ0v) is 8.24. The molecule has 2 fully saturated rings. The molecule has 1 aliphatic carbocycles. The van der Waals surface area contributed by atoms with Crippen LogP contribution in [0.1, 0.15) is 25.7 Å². The summed E-state index contributed by atoms with van der Waals surface area (Å²) in [7, 11) is 0. The van der Waals surface area contributed by atoms with Gasteiger partial charge >= 0.3 is 0 Å². The monoisotopic (exact) mass is 199 g/mol. The Kier molecular flexibility index (Phi) is 3.03. The van der Waals surface area contributed by atoms with Crippen LogP contribution in [0, 0.1) is 5.92 Å². The fourth-order valence-electron chi connectivity index (χ4n) is 1.91. The third-order valence-electron chi connectivity index (χ3n) is 3.10. The first kappa shape index (κ1) is 9.93. The van der Waals surface area contributed by atoms with Crippen molar-refractivity contribution in [1.82, 2.24) is 5.32 Å². The third kappa shape index (κ3) is 2.25. The number of carbonyl (C=O) groups is 1. The zero-order chi connectivity index (χ0) is 9.97. The van der Waals surface area contributed by atoms with Crippen LogP contribution in [0.15, 0.2) is 0 Å². The molecule has 4 nitrogen and oxygen atoms in total. The highest BCUT2D eigenvalue weighted by molar-refractivity contribution is 5.76. The molecule has 0 aromatic rings. The Labute approximate surface area is 83.6 Å². The maximum atomic E-state index is 11.5. The molecule has 2 aliphatic rings. The molecular formula is C10H17NO3. The number of hydrogen-bond donors (Lipinski definition) is 2. The largest absolute Gasteiger partial charge is 0.388 e. The van der Waals surface area contributed by atoms with Gasteiger partial charge in [-0.1, -0.05) is 6.42 Å². The number of hydrogen-bond acceptors (Lipinski definition) is 3. The second-order valence-corrected chi connectivity index (χ2v) is 4.28. The molecule has 0 aromatic carbocycles. The number of ether oxygens (including phenoxy) is 1. The quantitative estimate of drug-likeness (QED) is 0.675. The van der Waals surface area contributed by atoms with E-state index < -0.39 is 6.10 Å². The summed E-state index contributed by atoms with van der Waals surface area (Å²) in [6.07, 6.45) is 3.70. The second kappa shape index (κ2) is 4.28. The first-order valence-electron chi connectivity index (χ1n) is 5.31. The van der Waals surface area contributed by atoms with E-state index in [1.54, 1.807) is 0 Å². The van der Waals surface area contributed by atoms with Crippen molar-refractivity contribution in [2.24, 2.45) is 5.92 Å². The van der Waals surface area contributed by atoms with Crippen LogP contribution in [0.4, 0.5) is 0 Å². The Morgan fingerprint density at radius 2 is 2.21 bits per heavy atom. The summed E-state index contributed by atoms with van der Waals surface area (Å²) in [5, 5.41) is 12.2. The minimum absolute atomic E-state index is 0.0595. The average Bonchev–Trinajstić information content (AvgIpc) is 2.45. The SMILES string of the molecule is O=C(CC1CCC1)N[C@@H]1COC[C@H]1O. The molecule has 1 amide bonds. The van der Waals surface area contributed by atoms with Gasteiger partial charge in [-0.3, -0.25) is 4.79 Å². The summed E-state index contributed by atoms with van der Waals surface area (Å²) in [6.45, 7) is 0.784. The van der Waals surface area contributed by atoms with Gasteiger partial charge < -0.3 is 15.2 Å². The van der Waals surface area contributed by atoms with Crippen molar-refractivity contribution in [3.8, 4) is 0 Å². The Balaban J connectivity index is 1.70. The molecule has 1 aliphatic heterocycles. The van der Waals surface area contributed by atoms with Crippen LogP contribution < -0.4 is 5.32 Å². The maximum Gasteiger partial charge on any atom is 0.220 e. The summed E-state index contributed by atoms with van der Waals surface area (Å²) in [5.74, 6) is 0.638. The molecule has 0 unspecified atom stereocenters. The van der Waals surface area contributed by atoms with Crippen LogP contribution in [0.3, 0.4) is 0 Å². The topological polar surface area (TPSA) is 58.6 Å². The van der Waals surface area contributed by atoms with Crippen molar-refractivity contribution < 1.29 is 14.6 Å². The van der Waals surface area contributed by atoms with E-state index in [4.69, 9.17) is 4.74 Å². The van der Waals surface area contributed by atoms with Gasteiger partial charge in [-0.25, -0.2) is 0 Å². The van der Waals surface area contributed by atoms with Crippen molar-refractivity contribution in [3.63, 3.8) is 0 Å². The molecule has 4 heteroatoms. The molecule has 2 N–H and O–H groups in total. The first-order chi connectivity index (χ1) is 6.75. The van der Waals surface area contributed by atoms with E-state index in [-0.39, 0.29) is 11.9 Å². The Morgan fingerprint density at radius 1 is 1.43 bits per heavy atom. The molecule has 1 saturated heterocycles. The highest BCUT2D eigenvalue weighted by Gasteiger charge is 2.29. The van der Waals surface area contributed by atoms with E-state index in [1.165, 1.54) is 19.3 Å². The van der Waals surface area contributed by atoms with Crippen molar-refractivity contribution in [1.29, 1.82) is 0 Å². The maximum absolute atomic E-state index is 11.5. The van der Waals surface area contributed by atoms with Crippen LogP contribution in [0.5, 0.6) is 0 Å². The van der Waals surface area contributed by atoms with Gasteiger partial charge in [0.25, 0.3) is 0 Å². The molecule has 0 bridgehead atoms. The van der Waals surface area contributed by atoms with Gasteiger partial charge in [0.15, 0.2) is 0 Å². The molecule has 0 radical (unpaired) electrons. The lowest BCUT2D eigenvalue weighted by molar-refractivity contribution is -0.123. The Hall–Kier alpha value is -0.610. The summed E-state index contributed by atoms with van der Waals surface area (Å²) >= 11 is 0. The van der Waals surface area contributed by atoms with E-state index >= 15 is 0 Å². The van der Waals surface area contributed by atoms with Crippen molar-refractivity contribution in [2.45, 2.75) is 37.8 Å². The third-order valence-corrected chi connectivity index (χ3v) is 3.10. The van der Waals surface area contributed by atoms with Gasteiger partial charge in [-0.2, -0.15) is 0 Å². The number of aliphatic hydroxyl groups excluding tert-OH is 1. The molecule has 2 rings (SSSR count). The number of amides is 1. The van der Waals surface area contributed by atoms with E-state index in [9.17, 15) is 9.90 Å². The number of aliphatic hydroxyl groups is 1. The average molecular weight is 199 g/mol. The predicted octanol–water partition coefficient (Wildman–Crippen LogP) is 0.0525. The van der Waals surface area contributed by atoms with Crippen LogP contribution in [0.2, 0.25) is 0 Å². The fourth-order valence-corrected chi connectivity index (χ4v) is 1.91. The zero-order valence-electron chi connectivity index (χ0n) is 8.24. The van der Waals surface area contributed by atoms with Gasteiger partial charge in [0.1, 0.15) is 0 Å². The number of carbonyl (C=O) groups excluding carboxylic acids is 1. The van der Waals surface area contributed by atoms with Crippen molar-refractivity contribution in [2.75, 3.05) is 13.2 Å². The Morgan fingerprint density at radius 3 is 2.71 bits per heavy atom. The van der Waals surface area contributed by atoms with Crippen LogP contribution in [0.25, 0.3) is 0 Å². The summed E-state index contributed by atoms with van der Waals surface area (Å²) < 4.78 is 5.05. The van der Waals surface area contributed by atoms with Crippen molar-refractivity contribution in [3.05, 3.63) is 0 Å². The number of rotatable bonds is 3. The smallest absolute Gasteiger partial charge is 0.220 e. The minimum atomic E-state index is -0.527. The lowest BCUT2D eigenvalue weighted by atomic mass is 9.83. The molecular weight excluding hydrogens is 182 g/mol. The summed E-state index contributed by atoms with van der Waals surface area (Å²) in [5.41, 5.74) is 0. The normalized spacial score (nSPS) is 32.6. The lowest BCUT2D eigenvalue weighted by Crippen LogP contribution is -2.43. The highest BCUT2D eigenvalue weighted by atomic mass is 16.5. The first-order valence-corrected chi connectivity index (χ1v) is 5.31. The van der Waals surface area contributed by atoms with Crippen molar-refractivity contribution >= 4 is 5.91 Å². The van der Waals surface area contributed by atoms with Gasteiger partial charge in [-0.05, 0) is 18.8 Å². The molecule has 80 valence electrons. The minimum Gasteiger partial charge on any atom is -0.388 e. The summed E-state index contributed by atoms with van der Waals surface area (Å²) in [6, 6.07) is -0.192. The molecule has 0 spiro atoms. The molecule has 1 heterocycles. The van der Waals surface area contributed by atoms with Crippen LogP contribution >= 0.6 is 0 Å². The number of nitrogens with one attached hydrogen (secondary N) is 1. The van der Waals surface area contributed by atoms with Gasteiger partial charge in [-0.15, -0.1) is 0 Å². The fraction of sp³-hybridized carbons (Fsp3) is 0.900. The van der Waals surface area contributed by atoms with Gasteiger partial charge in [0.2, 0.25) is 5.91 Å². The predicted molar refractivity (Wildman–Crippen MR) is 50.7 cm³/mol. The Bertz CT molecular complexity index is 215. The van der Waals surface area contributed by atoms with Gasteiger partial charge in [0, 0.05) is 6.42 Å². The van der Waals surface area contributed by atoms with E-state index in [2.05, 4.69) is 5.32 Å². The standard InChI is InChI=1S/C10H17NO3/c12-9-6-14-5-8(9)11-10(13)4-7-2-1-3-7/h7-9,12H,1-6H2,(H,11,13)/t8-,9-/m1/s1.